The van der Waals surface area contributed by atoms with Gasteiger partial charge in [-0.25, -0.2) is 0 Å². The number of allylic oxidation sites excluding steroid dienone is 1. The lowest BCUT2D eigenvalue weighted by Crippen LogP contribution is -2.14. The zero-order valence-electron chi connectivity index (χ0n) is 12.7. The van der Waals surface area contributed by atoms with Gasteiger partial charge < -0.3 is 15.3 Å². The molecule has 3 rings (SSSR count). The van der Waals surface area contributed by atoms with E-state index >= 15 is 0 Å². The highest BCUT2D eigenvalue weighted by atomic mass is 16.3. The van der Waals surface area contributed by atoms with E-state index in [1.165, 1.54) is 0 Å². The number of furan rings is 1. The van der Waals surface area contributed by atoms with Crippen molar-refractivity contribution in [2.75, 3.05) is 0 Å². The second-order valence-corrected chi connectivity index (χ2v) is 5.56. The number of aliphatic hydroxyl groups is 1. The Hall–Kier alpha value is -2.75. The molecule has 3 N–H and O–H groups in total. The third kappa shape index (κ3) is 2.04. The van der Waals surface area contributed by atoms with Gasteiger partial charge in [-0.1, -0.05) is 18.2 Å². The standard InChI is InChI=1S/C18H17NO3/c1-9-5-4-6-13-14-8-12(11(3)15(20)18(19)21)7-10(2)17(14)22-16(9)13/h4-8,20H,1-3H3,(H2,19,21)/b15-11+. The monoisotopic (exact) mass is 295 g/mol. The molecule has 0 radical (unpaired) electrons. The molecule has 0 aliphatic carbocycles. The Balaban J connectivity index is 2.37. The number of fused-ring (bicyclic) bond motifs is 3. The Morgan fingerprint density at radius 3 is 2.45 bits per heavy atom. The molecule has 4 heteroatoms. The molecule has 1 aromatic heterocycles. The van der Waals surface area contributed by atoms with Gasteiger partial charge in [0, 0.05) is 16.3 Å². The predicted octanol–water partition coefficient (Wildman–Crippen LogP) is 3.98. The average Bonchev–Trinajstić information content (AvgIpc) is 2.86. The van der Waals surface area contributed by atoms with Crippen LogP contribution in [0, 0.1) is 13.8 Å². The van der Waals surface area contributed by atoms with Crippen molar-refractivity contribution in [3.05, 3.63) is 52.8 Å². The molecule has 1 heterocycles. The summed E-state index contributed by atoms with van der Waals surface area (Å²) < 4.78 is 5.99. The summed E-state index contributed by atoms with van der Waals surface area (Å²) in [5, 5.41) is 11.8. The van der Waals surface area contributed by atoms with E-state index in [2.05, 4.69) is 0 Å². The summed E-state index contributed by atoms with van der Waals surface area (Å²) in [6.07, 6.45) is 0. The van der Waals surface area contributed by atoms with Crippen LogP contribution in [-0.2, 0) is 4.79 Å². The van der Waals surface area contributed by atoms with Crippen LogP contribution in [0.4, 0.5) is 0 Å². The summed E-state index contributed by atoms with van der Waals surface area (Å²) in [4.78, 5) is 11.2. The first-order valence-corrected chi connectivity index (χ1v) is 7.02. The summed E-state index contributed by atoms with van der Waals surface area (Å²) in [5.41, 5.74) is 10.1. The maximum atomic E-state index is 11.2. The molecule has 0 atom stereocenters. The van der Waals surface area contributed by atoms with E-state index < -0.39 is 11.7 Å². The third-order valence-corrected chi connectivity index (χ3v) is 4.00. The number of carbonyl (C=O) groups is 1. The van der Waals surface area contributed by atoms with Crippen molar-refractivity contribution in [3.63, 3.8) is 0 Å². The number of rotatable bonds is 2. The third-order valence-electron chi connectivity index (χ3n) is 4.00. The lowest BCUT2D eigenvalue weighted by atomic mass is 9.99. The van der Waals surface area contributed by atoms with Crippen molar-refractivity contribution < 1.29 is 14.3 Å². The smallest absolute Gasteiger partial charge is 0.283 e. The van der Waals surface area contributed by atoms with Gasteiger partial charge in [0.05, 0.1) is 0 Å². The van der Waals surface area contributed by atoms with E-state index in [9.17, 15) is 9.90 Å². The van der Waals surface area contributed by atoms with Crippen LogP contribution in [0.25, 0.3) is 27.5 Å². The van der Waals surface area contributed by atoms with Crippen LogP contribution in [0.1, 0.15) is 23.6 Å². The van der Waals surface area contributed by atoms with E-state index in [0.29, 0.717) is 5.57 Å². The van der Waals surface area contributed by atoms with Crippen LogP contribution in [0.5, 0.6) is 0 Å². The van der Waals surface area contributed by atoms with Crippen LogP contribution < -0.4 is 5.73 Å². The minimum atomic E-state index is -0.830. The van der Waals surface area contributed by atoms with Gasteiger partial charge in [-0.05, 0) is 49.6 Å². The summed E-state index contributed by atoms with van der Waals surface area (Å²) in [6.45, 7) is 5.62. The fraction of sp³-hybridized carbons (Fsp3) is 0.167. The SMILES string of the molecule is C/C(=C(\O)C(N)=O)c1cc(C)c2oc3c(C)cccc3c2c1. The zero-order chi connectivity index (χ0) is 16.0. The lowest BCUT2D eigenvalue weighted by molar-refractivity contribution is -0.116. The summed E-state index contributed by atoms with van der Waals surface area (Å²) in [5.74, 6) is -1.24. The average molecular weight is 295 g/mol. The van der Waals surface area contributed by atoms with Gasteiger partial charge in [0.2, 0.25) is 0 Å². The Morgan fingerprint density at radius 2 is 1.77 bits per heavy atom. The molecule has 0 fully saturated rings. The Kier molecular flexibility index (Phi) is 3.17. The number of primary amides is 1. The molecule has 0 aliphatic rings. The molecule has 0 spiro atoms. The maximum absolute atomic E-state index is 11.2. The quantitative estimate of drug-likeness (QED) is 0.554. The van der Waals surface area contributed by atoms with Crippen LogP contribution in [-0.4, -0.2) is 11.0 Å². The Labute approximate surface area is 127 Å². The first-order chi connectivity index (χ1) is 10.4. The molecule has 0 saturated heterocycles. The van der Waals surface area contributed by atoms with Crippen molar-refractivity contribution in [2.24, 2.45) is 5.73 Å². The van der Waals surface area contributed by atoms with Crippen LogP contribution in [0.2, 0.25) is 0 Å². The highest BCUT2D eigenvalue weighted by Crippen LogP contribution is 2.35. The number of benzene rings is 2. The highest BCUT2D eigenvalue weighted by Gasteiger charge is 2.15. The van der Waals surface area contributed by atoms with Gasteiger partial charge in [0.15, 0.2) is 5.76 Å². The molecule has 0 bridgehead atoms. The van der Waals surface area contributed by atoms with Gasteiger partial charge in [-0.15, -0.1) is 0 Å². The Bertz CT molecular complexity index is 948. The molecule has 2 aromatic carbocycles. The molecule has 0 unspecified atom stereocenters. The molecule has 0 saturated carbocycles. The molecule has 4 nitrogen and oxygen atoms in total. The van der Waals surface area contributed by atoms with E-state index in [4.69, 9.17) is 10.2 Å². The first-order valence-electron chi connectivity index (χ1n) is 7.02. The maximum Gasteiger partial charge on any atom is 0.283 e. The molecule has 0 aliphatic heterocycles. The normalized spacial score (nSPS) is 12.7. The van der Waals surface area contributed by atoms with E-state index in [1.807, 2.05) is 44.2 Å². The van der Waals surface area contributed by atoms with Gasteiger partial charge in [0.25, 0.3) is 5.91 Å². The minimum absolute atomic E-state index is 0.414. The van der Waals surface area contributed by atoms with Crippen molar-refractivity contribution in [1.82, 2.24) is 0 Å². The zero-order valence-corrected chi connectivity index (χ0v) is 12.7. The Morgan fingerprint density at radius 1 is 1.09 bits per heavy atom. The van der Waals surface area contributed by atoms with Crippen LogP contribution >= 0.6 is 0 Å². The fourth-order valence-corrected chi connectivity index (χ4v) is 2.75. The molecule has 1 amide bonds. The van der Waals surface area contributed by atoms with E-state index in [1.54, 1.807) is 6.92 Å². The number of amides is 1. The van der Waals surface area contributed by atoms with E-state index in [0.717, 1.165) is 38.6 Å². The minimum Gasteiger partial charge on any atom is -0.503 e. The second kappa shape index (κ2) is 4.91. The molecular weight excluding hydrogens is 278 g/mol. The highest BCUT2D eigenvalue weighted by molar-refractivity contribution is 6.08. The van der Waals surface area contributed by atoms with Crippen LogP contribution in [0.15, 0.2) is 40.5 Å². The number of hydrogen-bond acceptors (Lipinski definition) is 3. The lowest BCUT2D eigenvalue weighted by Gasteiger charge is -2.06. The van der Waals surface area contributed by atoms with Gasteiger partial charge >= 0.3 is 0 Å². The van der Waals surface area contributed by atoms with Gasteiger partial charge in [-0.2, -0.15) is 0 Å². The number of aliphatic hydroxyl groups excluding tert-OH is 1. The molecule has 3 aromatic rings. The number of carbonyl (C=O) groups excluding carboxylic acids is 1. The predicted molar refractivity (Wildman–Crippen MR) is 87.6 cm³/mol. The molecule has 22 heavy (non-hydrogen) atoms. The number of para-hydroxylation sites is 1. The van der Waals surface area contributed by atoms with Gasteiger partial charge in [0.1, 0.15) is 11.2 Å². The summed E-state index contributed by atoms with van der Waals surface area (Å²) >= 11 is 0. The number of hydrogen-bond donors (Lipinski definition) is 2. The summed E-state index contributed by atoms with van der Waals surface area (Å²) in [6, 6.07) is 9.80. The largest absolute Gasteiger partial charge is 0.503 e. The van der Waals surface area contributed by atoms with E-state index in [-0.39, 0.29) is 0 Å². The topological polar surface area (TPSA) is 76.5 Å². The fourth-order valence-electron chi connectivity index (χ4n) is 2.75. The number of nitrogens with two attached hydrogens (primary N) is 1. The van der Waals surface area contributed by atoms with Crippen molar-refractivity contribution in [1.29, 1.82) is 0 Å². The summed E-state index contributed by atoms with van der Waals surface area (Å²) in [7, 11) is 0. The molecular formula is C18H17NO3. The molecule has 112 valence electrons. The van der Waals surface area contributed by atoms with Crippen molar-refractivity contribution >= 4 is 33.4 Å². The van der Waals surface area contributed by atoms with Gasteiger partial charge in [-0.3, -0.25) is 4.79 Å². The van der Waals surface area contributed by atoms with Crippen molar-refractivity contribution in [3.8, 4) is 0 Å². The first kappa shape index (κ1) is 14.2. The second-order valence-electron chi connectivity index (χ2n) is 5.56. The number of aryl methyl sites for hydroxylation is 2. The van der Waals surface area contributed by atoms with Crippen LogP contribution in [0.3, 0.4) is 0 Å². The van der Waals surface area contributed by atoms with Crippen molar-refractivity contribution in [2.45, 2.75) is 20.8 Å².